The fourth-order valence-corrected chi connectivity index (χ4v) is 5.44. The summed E-state index contributed by atoms with van der Waals surface area (Å²) in [5.41, 5.74) is 10.5. The van der Waals surface area contributed by atoms with Crippen molar-refractivity contribution < 1.29 is 9.53 Å². The Morgan fingerprint density at radius 1 is 1.15 bits per heavy atom. The number of piperazine rings is 1. The number of nitrogens with two attached hydrogens (primary N) is 1. The lowest BCUT2D eigenvalue weighted by atomic mass is 9.80. The molecule has 7 heteroatoms. The van der Waals surface area contributed by atoms with Crippen LogP contribution in [0.3, 0.4) is 0 Å². The molecule has 0 bridgehead atoms. The van der Waals surface area contributed by atoms with Crippen molar-refractivity contribution in [3.63, 3.8) is 0 Å². The SMILES string of the molecule is NCC1CC(n2nc(C3CC3)c3cc(C4CNCCN4C(=O)OCc4ccccc4)ccc32)C1. The van der Waals surface area contributed by atoms with Crippen molar-refractivity contribution in [3.8, 4) is 0 Å². The standard InChI is InChI=1S/C27H33N5O2/c28-15-19-12-22(13-19)32-24-9-8-21(14-23(24)26(30-32)20-6-7-20)25-16-29-10-11-31(25)27(33)34-17-18-4-2-1-3-5-18/h1-5,8-9,14,19-20,22,25,29H,6-7,10-13,15-17,28H2. The van der Waals surface area contributed by atoms with E-state index in [-0.39, 0.29) is 12.1 Å². The topological polar surface area (TPSA) is 85.4 Å². The lowest BCUT2D eigenvalue weighted by Gasteiger charge is -2.36. The van der Waals surface area contributed by atoms with E-state index in [1.165, 1.54) is 29.4 Å². The van der Waals surface area contributed by atoms with Crippen molar-refractivity contribution in [1.29, 1.82) is 0 Å². The largest absolute Gasteiger partial charge is 0.445 e. The highest BCUT2D eigenvalue weighted by atomic mass is 16.6. The first kappa shape index (κ1) is 21.6. The molecule has 1 aliphatic heterocycles. The summed E-state index contributed by atoms with van der Waals surface area (Å²) in [6, 6.07) is 16.9. The third-order valence-electron chi connectivity index (χ3n) is 7.68. The summed E-state index contributed by atoms with van der Waals surface area (Å²) in [5.74, 6) is 1.19. The molecule has 3 fully saturated rings. The Balaban J connectivity index is 1.26. The van der Waals surface area contributed by atoms with Crippen molar-refractivity contribution in [2.45, 2.75) is 50.3 Å². The predicted octanol–water partition coefficient (Wildman–Crippen LogP) is 4.11. The van der Waals surface area contributed by atoms with Crippen LogP contribution in [0.4, 0.5) is 4.79 Å². The van der Waals surface area contributed by atoms with Crippen LogP contribution in [0.2, 0.25) is 0 Å². The van der Waals surface area contributed by atoms with Gasteiger partial charge in [-0.25, -0.2) is 4.79 Å². The molecule has 2 saturated carbocycles. The third kappa shape index (κ3) is 4.07. The number of hydrogen-bond acceptors (Lipinski definition) is 5. The van der Waals surface area contributed by atoms with Gasteiger partial charge in [-0.15, -0.1) is 0 Å². The smallest absolute Gasteiger partial charge is 0.410 e. The Morgan fingerprint density at radius 3 is 2.74 bits per heavy atom. The zero-order chi connectivity index (χ0) is 23.1. The van der Waals surface area contributed by atoms with Crippen LogP contribution >= 0.6 is 0 Å². The highest BCUT2D eigenvalue weighted by Crippen LogP contribution is 2.46. The Labute approximate surface area is 200 Å². The van der Waals surface area contributed by atoms with Gasteiger partial charge in [0, 0.05) is 30.9 Å². The molecule has 1 amide bonds. The van der Waals surface area contributed by atoms with Crippen molar-refractivity contribution in [2.75, 3.05) is 26.2 Å². The number of nitrogens with one attached hydrogen (secondary N) is 1. The number of carbonyl (C=O) groups is 1. The maximum atomic E-state index is 13.1. The van der Waals surface area contributed by atoms with Gasteiger partial charge in [0.1, 0.15) is 6.61 Å². The molecule has 34 heavy (non-hydrogen) atoms. The van der Waals surface area contributed by atoms with Gasteiger partial charge in [0.15, 0.2) is 0 Å². The van der Waals surface area contributed by atoms with Crippen molar-refractivity contribution in [2.24, 2.45) is 11.7 Å². The number of carbonyl (C=O) groups excluding carboxylic acids is 1. The average molecular weight is 460 g/mol. The number of nitrogens with zero attached hydrogens (tertiary/aromatic N) is 3. The molecule has 1 aromatic heterocycles. The van der Waals surface area contributed by atoms with Crippen LogP contribution in [0.5, 0.6) is 0 Å². The van der Waals surface area contributed by atoms with Gasteiger partial charge in [-0.1, -0.05) is 36.4 Å². The molecule has 6 rings (SSSR count). The second kappa shape index (κ2) is 9.04. The molecule has 2 aromatic carbocycles. The quantitative estimate of drug-likeness (QED) is 0.580. The second-order valence-electron chi connectivity index (χ2n) is 10.1. The Bertz CT molecular complexity index is 1170. The molecule has 1 atom stereocenters. The van der Waals surface area contributed by atoms with Crippen LogP contribution in [0, 0.1) is 5.92 Å². The summed E-state index contributed by atoms with van der Waals surface area (Å²) < 4.78 is 7.94. The predicted molar refractivity (Wildman–Crippen MR) is 131 cm³/mol. The van der Waals surface area contributed by atoms with E-state index in [0.717, 1.165) is 43.6 Å². The minimum Gasteiger partial charge on any atom is -0.445 e. The van der Waals surface area contributed by atoms with Gasteiger partial charge in [-0.05, 0) is 61.4 Å². The van der Waals surface area contributed by atoms with Crippen LogP contribution in [0.1, 0.15) is 60.5 Å². The molecular weight excluding hydrogens is 426 g/mol. The monoisotopic (exact) mass is 459 g/mol. The van der Waals surface area contributed by atoms with E-state index in [4.69, 9.17) is 15.6 Å². The van der Waals surface area contributed by atoms with Gasteiger partial charge in [0.05, 0.1) is 23.3 Å². The van der Waals surface area contributed by atoms with Gasteiger partial charge in [0.25, 0.3) is 0 Å². The molecule has 2 heterocycles. The number of ether oxygens (including phenoxy) is 1. The number of rotatable bonds is 6. The molecule has 3 aliphatic rings. The fraction of sp³-hybridized carbons (Fsp3) is 0.481. The number of aromatic nitrogens is 2. The zero-order valence-corrected chi connectivity index (χ0v) is 19.5. The van der Waals surface area contributed by atoms with Crippen LogP contribution in [0.15, 0.2) is 48.5 Å². The third-order valence-corrected chi connectivity index (χ3v) is 7.68. The van der Waals surface area contributed by atoms with Gasteiger partial charge < -0.3 is 15.8 Å². The van der Waals surface area contributed by atoms with Gasteiger partial charge in [-0.3, -0.25) is 9.58 Å². The summed E-state index contributed by atoms with van der Waals surface area (Å²) in [4.78, 5) is 14.9. The zero-order valence-electron chi connectivity index (χ0n) is 19.5. The fourth-order valence-electron chi connectivity index (χ4n) is 5.44. The van der Waals surface area contributed by atoms with Crippen LogP contribution < -0.4 is 11.1 Å². The summed E-state index contributed by atoms with van der Waals surface area (Å²) >= 11 is 0. The first-order valence-electron chi connectivity index (χ1n) is 12.6. The van der Waals surface area contributed by atoms with E-state index >= 15 is 0 Å². The van der Waals surface area contributed by atoms with E-state index in [0.29, 0.717) is 31.0 Å². The Hall–Kier alpha value is -2.90. The van der Waals surface area contributed by atoms with Gasteiger partial charge >= 0.3 is 6.09 Å². The number of amides is 1. The van der Waals surface area contributed by atoms with Gasteiger partial charge in [0.2, 0.25) is 0 Å². The van der Waals surface area contributed by atoms with E-state index < -0.39 is 0 Å². The Morgan fingerprint density at radius 2 is 1.97 bits per heavy atom. The molecule has 178 valence electrons. The molecule has 2 aliphatic carbocycles. The first-order chi connectivity index (χ1) is 16.7. The van der Waals surface area contributed by atoms with E-state index in [1.54, 1.807) is 0 Å². The molecular formula is C27H33N5O2. The normalized spacial score (nSPS) is 24.7. The van der Waals surface area contributed by atoms with Crippen LogP contribution in [-0.2, 0) is 11.3 Å². The lowest BCUT2D eigenvalue weighted by molar-refractivity contribution is 0.0720. The summed E-state index contributed by atoms with van der Waals surface area (Å²) in [6.07, 6.45) is 4.42. The molecule has 0 spiro atoms. The van der Waals surface area contributed by atoms with Crippen molar-refractivity contribution in [1.82, 2.24) is 20.0 Å². The maximum absolute atomic E-state index is 13.1. The second-order valence-corrected chi connectivity index (χ2v) is 10.1. The van der Waals surface area contributed by atoms with E-state index in [1.807, 2.05) is 35.2 Å². The highest BCUT2D eigenvalue weighted by molar-refractivity contribution is 5.84. The highest BCUT2D eigenvalue weighted by Gasteiger charge is 2.36. The first-order valence-corrected chi connectivity index (χ1v) is 12.6. The number of benzene rings is 2. The number of hydrogen-bond donors (Lipinski definition) is 2. The van der Waals surface area contributed by atoms with E-state index in [9.17, 15) is 4.79 Å². The van der Waals surface area contributed by atoms with Crippen molar-refractivity contribution >= 4 is 17.0 Å². The minimum atomic E-state index is -0.254. The van der Waals surface area contributed by atoms with Crippen LogP contribution in [-0.4, -0.2) is 47.0 Å². The summed E-state index contributed by atoms with van der Waals surface area (Å²) in [5, 5.41) is 9.81. The van der Waals surface area contributed by atoms with Crippen molar-refractivity contribution in [3.05, 3.63) is 65.4 Å². The summed E-state index contributed by atoms with van der Waals surface area (Å²) in [7, 11) is 0. The van der Waals surface area contributed by atoms with E-state index in [2.05, 4.69) is 28.2 Å². The molecule has 7 nitrogen and oxygen atoms in total. The Kier molecular flexibility index (Phi) is 5.75. The molecule has 3 N–H and O–H groups in total. The minimum absolute atomic E-state index is 0.0536. The maximum Gasteiger partial charge on any atom is 0.410 e. The lowest BCUT2D eigenvalue weighted by Crippen LogP contribution is -2.48. The molecule has 0 radical (unpaired) electrons. The molecule has 1 saturated heterocycles. The number of fused-ring (bicyclic) bond motifs is 1. The average Bonchev–Trinajstić information content (AvgIpc) is 3.64. The summed E-state index contributed by atoms with van der Waals surface area (Å²) in [6.45, 7) is 3.18. The van der Waals surface area contributed by atoms with Gasteiger partial charge in [-0.2, -0.15) is 5.10 Å². The van der Waals surface area contributed by atoms with Crippen LogP contribution in [0.25, 0.3) is 10.9 Å². The molecule has 3 aromatic rings. The molecule has 1 unspecified atom stereocenters.